The first kappa shape index (κ1) is 14.3. The number of hydrogen-bond donors (Lipinski definition) is 2. The molecular formula is C8H15ClN4OS. The van der Waals surface area contributed by atoms with Crippen LogP contribution in [0.1, 0.15) is 31.7 Å². The molecule has 0 saturated heterocycles. The van der Waals surface area contributed by atoms with E-state index in [-0.39, 0.29) is 18.3 Å². The normalized spacial score (nSPS) is 12.1. The first-order valence-corrected chi connectivity index (χ1v) is 5.22. The number of aromatic nitrogens is 2. The Morgan fingerprint density at radius 2 is 2.00 bits per heavy atom. The number of halogens is 1. The summed E-state index contributed by atoms with van der Waals surface area (Å²) in [5.74, 6) is 0.0879. The van der Waals surface area contributed by atoms with Crippen LogP contribution in [0.15, 0.2) is 0 Å². The maximum Gasteiger partial charge on any atom is 0.242 e. The first-order valence-electron chi connectivity index (χ1n) is 4.40. The predicted molar refractivity (Wildman–Crippen MR) is 63.5 cm³/mol. The Hall–Kier alpha value is -0.720. The van der Waals surface area contributed by atoms with Crippen molar-refractivity contribution in [1.82, 2.24) is 10.2 Å². The van der Waals surface area contributed by atoms with E-state index >= 15 is 0 Å². The summed E-state index contributed by atoms with van der Waals surface area (Å²) < 4.78 is 0. The molecule has 0 unspecified atom stereocenters. The van der Waals surface area contributed by atoms with Crippen LogP contribution >= 0.6 is 23.7 Å². The molecule has 1 atom stereocenters. The number of hydrogen-bond acceptors (Lipinski definition) is 5. The summed E-state index contributed by atoms with van der Waals surface area (Å²) in [6, 6.07) is -0.526. The molecule has 1 aromatic heterocycles. The highest BCUT2D eigenvalue weighted by atomic mass is 35.5. The van der Waals surface area contributed by atoms with Crippen LogP contribution in [0.4, 0.5) is 5.13 Å². The lowest BCUT2D eigenvalue weighted by atomic mass is 10.2. The predicted octanol–water partition coefficient (Wildman–Crippen LogP) is 1.37. The summed E-state index contributed by atoms with van der Waals surface area (Å²) in [6.45, 7) is 5.68. The number of amides is 1. The van der Waals surface area contributed by atoms with Crippen LogP contribution in [-0.2, 0) is 4.79 Å². The summed E-state index contributed by atoms with van der Waals surface area (Å²) in [7, 11) is 0. The van der Waals surface area contributed by atoms with E-state index in [1.165, 1.54) is 11.3 Å². The Morgan fingerprint density at radius 1 is 1.40 bits per heavy atom. The minimum Gasteiger partial charge on any atom is -0.320 e. The summed E-state index contributed by atoms with van der Waals surface area (Å²) >= 11 is 1.38. The van der Waals surface area contributed by atoms with Gasteiger partial charge in [0, 0.05) is 5.92 Å². The van der Waals surface area contributed by atoms with Crippen LogP contribution in [0.2, 0.25) is 0 Å². The maximum absolute atomic E-state index is 11.2. The molecule has 1 aromatic rings. The fourth-order valence-electron chi connectivity index (χ4n) is 0.738. The molecule has 1 amide bonds. The Kier molecular flexibility index (Phi) is 5.71. The highest BCUT2D eigenvalue weighted by Gasteiger charge is 2.12. The second-order valence-electron chi connectivity index (χ2n) is 3.38. The number of anilines is 1. The Labute approximate surface area is 98.9 Å². The highest BCUT2D eigenvalue weighted by molar-refractivity contribution is 7.15. The van der Waals surface area contributed by atoms with Crippen LogP contribution in [0, 0.1) is 0 Å². The number of nitrogens with one attached hydrogen (secondary N) is 1. The third-order valence-electron chi connectivity index (χ3n) is 1.58. The molecule has 5 nitrogen and oxygen atoms in total. The molecule has 0 saturated carbocycles. The van der Waals surface area contributed by atoms with E-state index in [1.54, 1.807) is 6.92 Å². The van der Waals surface area contributed by atoms with Gasteiger partial charge in [0.05, 0.1) is 6.04 Å². The zero-order chi connectivity index (χ0) is 10.7. The second kappa shape index (κ2) is 5.99. The molecule has 0 fully saturated rings. The largest absolute Gasteiger partial charge is 0.320 e. The average molecular weight is 251 g/mol. The molecule has 0 aliphatic rings. The molecule has 0 bridgehead atoms. The van der Waals surface area contributed by atoms with Crippen molar-refractivity contribution in [1.29, 1.82) is 0 Å². The van der Waals surface area contributed by atoms with Gasteiger partial charge in [-0.05, 0) is 6.92 Å². The van der Waals surface area contributed by atoms with E-state index in [0.717, 1.165) is 5.01 Å². The topological polar surface area (TPSA) is 80.9 Å². The Morgan fingerprint density at radius 3 is 2.40 bits per heavy atom. The quantitative estimate of drug-likeness (QED) is 0.849. The van der Waals surface area contributed by atoms with E-state index in [0.29, 0.717) is 11.0 Å². The van der Waals surface area contributed by atoms with Crippen molar-refractivity contribution in [2.75, 3.05) is 5.32 Å². The molecule has 86 valence electrons. The average Bonchev–Trinajstić information content (AvgIpc) is 2.52. The maximum atomic E-state index is 11.2. The molecule has 1 rings (SSSR count). The van der Waals surface area contributed by atoms with E-state index in [1.807, 2.05) is 13.8 Å². The highest BCUT2D eigenvalue weighted by Crippen LogP contribution is 2.22. The molecule has 7 heteroatoms. The van der Waals surface area contributed by atoms with Crippen molar-refractivity contribution in [3.63, 3.8) is 0 Å². The SMILES string of the molecule is CC(C)c1nnc(NC(=O)[C@H](C)N)s1.Cl. The third-order valence-corrected chi connectivity index (χ3v) is 2.72. The van der Waals surface area contributed by atoms with Gasteiger partial charge >= 0.3 is 0 Å². The van der Waals surface area contributed by atoms with Crippen molar-refractivity contribution in [2.24, 2.45) is 5.73 Å². The number of carbonyl (C=O) groups is 1. The monoisotopic (exact) mass is 250 g/mol. The van der Waals surface area contributed by atoms with Crippen molar-refractivity contribution < 1.29 is 4.79 Å². The second-order valence-corrected chi connectivity index (χ2v) is 4.39. The van der Waals surface area contributed by atoms with Crippen LogP contribution < -0.4 is 11.1 Å². The minimum absolute atomic E-state index is 0. The van der Waals surface area contributed by atoms with Gasteiger partial charge in [-0.1, -0.05) is 25.2 Å². The molecule has 1 heterocycles. The number of nitrogens with zero attached hydrogens (tertiary/aromatic N) is 2. The van der Waals surface area contributed by atoms with E-state index in [4.69, 9.17) is 5.73 Å². The summed E-state index contributed by atoms with van der Waals surface area (Å²) in [4.78, 5) is 11.2. The zero-order valence-electron chi connectivity index (χ0n) is 8.85. The van der Waals surface area contributed by atoms with Crippen molar-refractivity contribution >= 4 is 34.8 Å². The van der Waals surface area contributed by atoms with Crippen LogP contribution in [0.5, 0.6) is 0 Å². The van der Waals surface area contributed by atoms with E-state index < -0.39 is 6.04 Å². The summed E-state index contributed by atoms with van der Waals surface area (Å²) in [5.41, 5.74) is 5.39. The molecule has 15 heavy (non-hydrogen) atoms. The van der Waals surface area contributed by atoms with Crippen molar-refractivity contribution in [3.05, 3.63) is 5.01 Å². The van der Waals surface area contributed by atoms with Crippen LogP contribution in [-0.4, -0.2) is 22.1 Å². The zero-order valence-corrected chi connectivity index (χ0v) is 10.5. The van der Waals surface area contributed by atoms with Crippen molar-refractivity contribution in [2.45, 2.75) is 32.7 Å². The fourth-order valence-corrected chi connectivity index (χ4v) is 1.49. The summed E-state index contributed by atoms with van der Waals surface area (Å²) in [6.07, 6.45) is 0. The number of carbonyl (C=O) groups excluding carboxylic acids is 1. The lowest BCUT2D eigenvalue weighted by molar-refractivity contribution is -0.117. The van der Waals surface area contributed by atoms with Gasteiger partial charge in [-0.25, -0.2) is 0 Å². The standard InChI is InChI=1S/C8H14N4OS.ClH/c1-4(2)7-11-12-8(14-7)10-6(13)5(3)9;/h4-5H,9H2,1-3H3,(H,10,12,13);1H/t5-;/m0./s1. The number of rotatable bonds is 3. The minimum atomic E-state index is -0.526. The summed E-state index contributed by atoms with van der Waals surface area (Å²) in [5, 5.41) is 11.8. The smallest absolute Gasteiger partial charge is 0.242 e. The lowest BCUT2D eigenvalue weighted by Gasteiger charge is -2.02. The van der Waals surface area contributed by atoms with Gasteiger partial charge in [-0.2, -0.15) is 0 Å². The third kappa shape index (κ3) is 4.11. The molecular weight excluding hydrogens is 236 g/mol. The van der Waals surface area contributed by atoms with Gasteiger partial charge in [-0.3, -0.25) is 10.1 Å². The number of nitrogens with two attached hydrogens (primary N) is 1. The van der Waals surface area contributed by atoms with E-state index in [9.17, 15) is 4.79 Å². The fraction of sp³-hybridized carbons (Fsp3) is 0.625. The molecule has 3 N–H and O–H groups in total. The van der Waals surface area contributed by atoms with Crippen LogP contribution in [0.3, 0.4) is 0 Å². The molecule has 0 aliphatic heterocycles. The van der Waals surface area contributed by atoms with Crippen LogP contribution in [0.25, 0.3) is 0 Å². The first-order chi connectivity index (χ1) is 6.50. The van der Waals surface area contributed by atoms with Gasteiger partial charge in [0.25, 0.3) is 0 Å². The molecule has 0 spiro atoms. The van der Waals surface area contributed by atoms with E-state index in [2.05, 4.69) is 15.5 Å². The lowest BCUT2D eigenvalue weighted by Crippen LogP contribution is -2.32. The van der Waals surface area contributed by atoms with Gasteiger partial charge in [0.1, 0.15) is 5.01 Å². The van der Waals surface area contributed by atoms with Gasteiger partial charge in [0.15, 0.2) is 0 Å². The Bertz CT molecular complexity index is 326. The molecule has 0 radical (unpaired) electrons. The van der Waals surface area contributed by atoms with Crippen molar-refractivity contribution in [3.8, 4) is 0 Å². The van der Waals surface area contributed by atoms with Gasteiger partial charge in [-0.15, -0.1) is 22.6 Å². The Balaban J connectivity index is 0.00000196. The van der Waals surface area contributed by atoms with Gasteiger partial charge in [0.2, 0.25) is 11.0 Å². The van der Waals surface area contributed by atoms with Gasteiger partial charge < -0.3 is 5.73 Å². The molecule has 0 aromatic carbocycles. The molecule has 0 aliphatic carbocycles.